The molecule has 1 aromatic carbocycles. The summed E-state index contributed by atoms with van der Waals surface area (Å²) in [6.07, 6.45) is 0. The van der Waals surface area contributed by atoms with Crippen LogP contribution in [0.5, 0.6) is 0 Å². The van der Waals surface area contributed by atoms with Crippen molar-refractivity contribution in [2.75, 3.05) is 0 Å². The Morgan fingerprint density at radius 2 is 1.83 bits per heavy atom. The molecule has 0 aliphatic carbocycles. The zero-order valence-electron chi connectivity index (χ0n) is 12.6. The summed E-state index contributed by atoms with van der Waals surface area (Å²) >= 11 is 6.86. The minimum absolute atomic E-state index is 0.0357. The monoisotopic (exact) mass is 362 g/mol. The van der Waals surface area contributed by atoms with Crippen molar-refractivity contribution < 1.29 is 14.7 Å². The number of halogens is 1. The number of nitrogens with zero attached hydrogens (tertiary/aromatic N) is 4. The SMILES string of the molecule is Cc1nnsc1-c1c(C(=O)O)c(C)nn1C(=O)c1ccc(Cl)cc1. The molecule has 3 aromatic rings. The molecule has 2 aromatic heterocycles. The van der Waals surface area contributed by atoms with E-state index in [1.165, 1.54) is 0 Å². The van der Waals surface area contributed by atoms with E-state index >= 15 is 0 Å². The number of carbonyl (C=O) groups excluding carboxylic acids is 1. The summed E-state index contributed by atoms with van der Waals surface area (Å²) in [4.78, 5) is 24.9. The lowest BCUT2D eigenvalue weighted by Crippen LogP contribution is -2.15. The van der Waals surface area contributed by atoms with Gasteiger partial charge in [-0.25, -0.2) is 4.79 Å². The number of carbonyl (C=O) groups is 2. The molecule has 3 rings (SSSR count). The van der Waals surface area contributed by atoms with Crippen LogP contribution in [0, 0.1) is 13.8 Å². The van der Waals surface area contributed by atoms with Crippen molar-refractivity contribution in [1.29, 1.82) is 0 Å². The smallest absolute Gasteiger partial charge is 0.339 e. The molecule has 24 heavy (non-hydrogen) atoms. The number of carboxylic acids is 1. The lowest BCUT2D eigenvalue weighted by molar-refractivity contribution is 0.0697. The summed E-state index contributed by atoms with van der Waals surface area (Å²) < 4.78 is 4.91. The van der Waals surface area contributed by atoms with E-state index in [0.29, 0.717) is 21.2 Å². The van der Waals surface area contributed by atoms with Gasteiger partial charge >= 0.3 is 5.97 Å². The van der Waals surface area contributed by atoms with Gasteiger partial charge in [0.1, 0.15) is 11.3 Å². The standard InChI is InChI=1S/C15H11ClN4O3S/c1-7-11(15(22)23)12(13-8(2)17-19-24-13)20(18-7)14(21)9-3-5-10(16)6-4-9/h3-6H,1-2H3,(H,22,23). The van der Waals surface area contributed by atoms with E-state index < -0.39 is 11.9 Å². The largest absolute Gasteiger partial charge is 0.478 e. The number of benzene rings is 1. The van der Waals surface area contributed by atoms with E-state index in [2.05, 4.69) is 14.7 Å². The van der Waals surface area contributed by atoms with Crippen molar-refractivity contribution in [2.45, 2.75) is 13.8 Å². The molecule has 0 bridgehead atoms. The summed E-state index contributed by atoms with van der Waals surface area (Å²) in [5.74, 6) is -1.62. The molecule has 9 heteroatoms. The number of rotatable bonds is 3. The normalized spacial score (nSPS) is 10.8. The second kappa shape index (κ2) is 6.14. The van der Waals surface area contributed by atoms with Gasteiger partial charge in [0.05, 0.1) is 16.3 Å². The Labute approximate surface area is 145 Å². The third-order valence-corrected chi connectivity index (χ3v) is 4.51. The highest BCUT2D eigenvalue weighted by atomic mass is 35.5. The average molecular weight is 363 g/mol. The van der Waals surface area contributed by atoms with Crippen molar-refractivity contribution in [3.05, 3.63) is 51.8 Å². The second-order valence-corrected chi connectivity index (χ2v) is 6.22. The molecule has 0 spiro atoms. The fourth-order valence-electron chi connectivity index (χ4n) is 2.30. The Bertz CT molecular complexity index is 946. The molecule has 0 aliphatic rings. The number of carboxylic acid groups (broad SMARTS) is 1. The quantitative estimate of drug-likeness (QED) is 0.768. The number of aryl methyl sites for hydroxylation is 2. The van der Waals surface area contributed by atoms with E-state index in [1.807, 2.05) is 0 Å². The molecule has 0 saturated heterocycles. The maximum Gasteiger partial charge on any atom is 0.339 e. The van der Waals surface area contributed by atoms with Crippen molar-refractivity contribution >= 4 is 35.0 Å². The highest BCUT2D eigenvalue weighted by molar-refractivity contribution is 7.09. The number of aromatic nitrogens is 4. The van der Waals surface area contributed by atoms with Gasteiger partial charge in [0.15, 0.2) is 0 Å². The van der Waals surface area contributed by atoms with Crippen LogP contribution in [0.1, 0.15) is 32.1 Å². The zero-order valence-corrected chi connectivity index (χ0v) is 14.2. The molecule has 7 nitrogen and oxygen atoms in total. The molecular formula is C15H11ClN4O3S. The van der Waals surface area contributed by atoms with Gasteiger partial charge in [-0.05, 0) is 49.6 Å². The lowest BCUT2D eigenvalue weighted by Gasteiger charge is -2.06. The Morgan fingerprint density at radius 1 is 1.17 bits per heavy atom. The van der Waals surface area contributed by atoms with Crippen LogP contribution in [0.3, 0.4) is 0 Å². The molecule has 2 heterocycles. The van der Waals surface area contributed by atoms with Crippen LogP contribution in [0.4, 0.5) is 0 Å². The van der Waals surface area contributed by atoms with Gasteiger partial charge in [0, 0.05) is 10.6 Å². The fourth-order valence-corrected chi connectivity index (χ4v) is 3.12. The molecule has 1 N–H and O–H groups in total. The molecule has 0 atom stereocenters. The van der Waals surface area contributed by atoms with Crippen LogP contribution in [0.2, 0.25) is 5.02 Å². The number of hydrogen-bond donors (Lipinski definition) is 1. The minimum atomic E-state index is -1.16. The van der Waals surface area contributed by atoms with Gasteiger partial charge in [-0.3, -0.25) is 4.79 Å². The minimum Gasteiger partial charge on any atom is -0.478 e. The van der Waals surface area contributed by atoms with E-state index in [4.69, 9.17) is 11.6 Å². The summed E-state index contributed by atoms with van der Waals surface area (Å²) in [6.45, 7) is 3.24. The van der Waals surface area contributed by atoms with E-state index in [0.717, 1.165) is 16.2 Å². The highest BCUT2D eigenvalue weighted by Gasteiger charge is 2.28. The molecule has 0 aliphatic heterocycles. The Kier molecular flexibility index (Phi) is 4.16. The van der Waals surface area contributed by atoms with Gasteiger partial charge in [-0.15, -0.1) is 5.10 Å². The Morgan fingerprint density at radius 3 is 2.38 bits per heavy atom. The first-order valence-corrected chi connectivity index (χ1v) is 7.97. The van der Waals surface area contributed by atoms with Crippen LogP contribution in [-0.2, 0) is 0 Å². The first kappa shape index (κ1) is 16.3. The number of aromatic carboxylic acids is 1. The Balaban J connectivity index is 2.23. The molecule has 0 fully saturated rings. The van der Waals surface area contributed by atoms with Gasteiger partial charge in [-0.1, -0.05) is 16.1 Å². The maximum absolute atomic E-state index is 12.8. The molecule has 0 unspecified atom stereocenters. The third kappa shape index (κ3) is 2.70. The summed E-state index contributed by atoms with van der Waals surface area (Å²) in [7, 11) is 0. The predicted octanol–water partition coefficient (Wildman–Crippen LogP) is 3.06. The second-order valence-electron chi connectivity index (χ2n) is 5.03. The van der Waals surface area contributed by atoms with Crippen molar-refractivity contribution in [3.63, 3.8) is 0 Å². The molecule has 0 amide bonds. The Hall–Kier alpha value is -2.58. The van der Waals surface area contributed by atoms with Crippen LogP contribution < -0.4 is 0 Å². The van der Waals surface area contributed by atoms with E-state index in [-0.39, 0.29) is 17.0 Å². The first-order valence-electron chi connectivity index (χ1n) is 6.82. The zero-order chi connectivity index (χ0) is 17.4. The molecule has 0 saturated carbocycles. The molecule has 0 radical (unpaired) electrons. The summed E-state index contributed by atoms with van der Waals surface area (Å²) in [6, 6.07) is 6.29. The van der Waals surface area contributed by atoms with Crippen LogP contribution in [-0.4, -0.2) is 36.4 Å². The van der Waals surface area contributed by atoms with E-state index in [9.17, 15) is 14.7 Å². The highest BCUT2D eigenvalue weighted by Crippen LogP contribution is 2.31. The lowest BCUT2D eigenvalue weighted by atomic mass is 10.1. The van der Waals surface area contributed by atoms with Gasteiger partial charge in [0.2, 0.25) is 0 Å². The van der Waals surface area contributed by atoms with Crippen LogP contribution in [0.25, 0.3) is 10.6 Å². The fraction of sp³-hybridized carbons (Fsp3) is 0.133. The van der Waals surface area contributed by atoms with Gasteiger partial charge in [-0.2, -0.15) is 9.78 Å². The van der Waals surface area contributed by atoms with Crippen molar-refractivity contribution in [3.8, 4) is 10.6 Å². The topological polar surface area (TPSA) is 98.0 Å². The summed E-state index contributed by atoms with van der Waals surface area (Å²) in [5.41, 5.74) is 1.27. The molecular weight excluding hydrogens is 352 g/mol. The van der Waals surface area contributed by atoms with Gasteiger partial charge < -0.3 is 5.11 Å². The third-order valence-electron chi connectivity index (χ3n) is 3.42. The maximum atomic E-state index is 12.8. The van der Waals surface area contributed by atoms with Crippen LogP contribution in [0.15, 0.2) is 24.3 Å². The first-order chi connectivity index (χ1) is 11.4. The average Bonchev–Trinajstić information content (AvgIpc) is 3.10. The van der Waals surface area contributed by atoms with Crippen molar-refractivity contribution in [2.24, 2.45) is 0 Å². The van der Waals surface area contributed by atoms with Crippen molar-refractivity contribution in [1.82, 2.24) is 19.4 Å². The summed E-state index contributed by atoms with van der Waals surface area (Å²) in [5, 5.41) is 18.0. The predicted molar refractivity (Wildman–Crippen MR) is 88.7 cm³/mol. The molecule has 122 valence electrons. The van der Waals surface area contributed by atoms with Crippen LogP contribution >= 0.6 is 23.1 Å². The number of hydrogen-bond acceptors (Lipinski definition) is 6. The van der Waals surface area contributed by atoms with Gasteiger partial charge in [0.25, 0.3) is 5.91 Å². The van der Waals surface area contributed by atoms with E-state index in [1.54, 1.807) is 38.1 Å².